The van der Waals surface area contributed by atoms with Crippen LogP contribution in [0.1, 0.15) is 25.7 Å². The van der Waals surface area contributed by atoms with E-state index in [2.05, 4.69) is 10.00 Å². The maximum absolute atomic E-state index is 11.8. The Bertz CT molecular complexity index is 479. The van der Waals surface area contributed by atoms with E-state index >= 15 is 0 Å². The Morgan fingerprint density at radius 2 is 2.06 bits per heavy atom. The van der Waals surface area contributed by atoms with Gasteiger partial charge in [-0.1, -0.05) is 11.6 Å². The molecule has 1 saturated carbocycles. The standard InChI is InChI=1S/C12H19ClN4O/c1-16(9-5-3-8(14)4-6-9)10-7-15-17(2)12(18)11(10)13/h7-9H,3-6,14H2,1-2H3. The summed E-state index contributed by atoms with van der Waals surface area (Å²) in [6.45, 7) is 0. The summed E-state index contributed by atoms with van der Waals surface area (Å²) in [6.07, 6.45) is 5.75. The second-order valence-corrected chi connectivity index (χ2v) is 5.33. The van der Waals surface area contributed by atoms with Crippen LogP contribution in [0, 0.1) is 0 Å². The predicted molar refractivity (Wildman–Crippen MR) is 73.1 cm³/mol. The normalized spacial score (nSPS) is 24.0. The van der Waals surface area contributed by atoms with Crippen molar-refractivity contribution in [2.75, 3.05) is 11.9 Å². The predicted octanol–water partition coefficient (Wildman–Crippen LogP) is 1.14. The zero-order valence-electron chi connectivity index (χ0n) is 10.8. The van der Waals surface area contributed by atoms with Crippen LogP contribution in [0.15, 0.2) is 11.0 Å². The van der Waals surface area contributed by atoms with Gasteiger partial charge < -0.3 is 10.6 Å². The highest BCUT2D eigenvalue weighted by atomic mass is 35.5. The van der Waals surface area contributed by atoms with Crippen LogP contribution in [0.3, 0.4) is 0 Å². The summed E-state index contributed by atoms with van der Waals surface area (Å²) in [4.78, 5) is 13.8. The van der Waals surface area contributed by atoms with E-state index in [1.165, 1.54) is 4.68 Å². The summed E-state index contributed by atoms with van der Waals surface area (Å²) < 4.78 is 1.25. The van der Waals surface area contributed by atoms with Crippen LogP contribution in [0.5, 0.6) is 0 Å². The Labute approximate surface area is 112 Å². The molecule has 0 bridgehead atoms. The first kappa shape index (κ1) is 13.4. The molecule has 1 aliphatic rings. The van der Waals surface area contributed by atoms with Crippen molar-refractivity contribution in [1.82, 2.24) is 9.78 Å². The first-order valence-electron chi connectivity index (χ1n) is 6.21. The molecule has 0 aliphatic heterocycles. The molecule has 5 nitrogen and oxygen atoms in total. The van der Waals surface area contributed by atoms with E-state index in [0.29, 0.717) is 17.8 Å². The third-order valence-corrected chi connectivity index (χ3v) is 4.08. The number of aryl methyl sites for hydroxylation is 1. The van der Waals surface area contributed by atoms with Gasteiger partial charge in [0, 0.05) is 26.2 Å². The number of hydrogen-bond donors (Lipinski definition) is 1. The van der Waals surface area contributed by atoms with Crippen LogP contribution in [-0.2, 0) is 7.05 Å². The van der Waals surface area contributed by atoms with Crippen molar-refractivity contribution in [3.8, 4) is 0 Å². The molecule has 18 heavy (non-hydrogen) atoms. The lowest BCUT2D eigenvalue weighted by molar-refractivity contribution is 0.384. The molecule has 0 amide bonds. The van der Waals surface area contributed by atoms with Crippen LogP contribution < -0.4 is 16.2 Å². The summed E-state index contributed by atoms with van der Waals surface area (Å²) in [5, 5.41) is 4.26. The highest BCUT2D eigenvalue weighted by Gasteiger charge is 2.24. The second-order valence-electron chi connectivity index (χ2n) is 4.95. The monoisotopic (exact) mass is 270 g/mol. The van der Waals surface area contributed by atoms with Crippen LogP contribution in [-0.4, -0.2) is 28.9 Å². The van der Waals surface area contributed by atoms with Gasteiger partial charge >= 0.3 is 0 Å². The molecule has 0 atom stereocenters. The number of anilines is 1. The fraction of sp³-hybridized carbons (Fsp3) is 0.667. The lowest BCUT2D eigenvalue weighted by Crippen LogP contribution is -2.39. The molecule has 1 aromatic heterocycles. The molecule has 6 heteroatoms. The van der Waals surface area contributed by atoms with E-state index < -0.39 is 0 Å². The molecule has 100 valence electrons. The van der Waals surface area contributed by atoms with Crippen molar-refractivity contribution in [3.63, 3.8) is 0 Å². The number of nitrogens with zero attached hydrogens (tertiary/aromatic N) is 3. The van der Waals surface area contributed by atoms with Gasteiger partial charge in [-0.3, -0.25) is 4.79 Å². The average molecular weight is 271 g/mol. The lowest BCUT2D eigenvalue weighted by Gasteiger charge is -2.35. The maximum atomic E-state index is 11.8. The molecular weight excluding hydrogens is 252 g/mol. The van der Waals surface area contributed by atoms with E-state index in [-0.39, 0.29) is 10.6 Å². The molecule has 2 N–H and O–H groups in total. The smallest absolute Gasteiger partial charge is 0.287 e. The van der Waals surface area contributed by atoms with Crippen molar-refractivity contribution in [1.29, 1.82) is 0 Å². The molecule has 0 radical (unpaired) electrons. The second kappa shape index (κ2) is 5.28. The molecule has 0 spiro atoms. The molecule has 1 heterocycles. The Morgan fingerprint density at radius 3 is 2.67 bits per heavy atom. The van der Waals surface area contributed by atoms with E-state index in [4.69, 9.17) is 17.3 Å². The van der Waals surface area contributed by atoms with E-state index in [1.54, 1.807) is 13.2 Å². The number of aromatic nitrogens is 2. The highest BCUT2D eigenvalue weighted by molar-refractivity contribution is 6.33. The van der Waals surface area contributed by atoms with Crippen LogP contribution in [0.25, 0.3) is 0 Å². The van der Waals surface area contributed by atoms with Gasteiger partial charge in [-0.25, -0.2) is 4.68 Å². The molecule has 0 unspecified atom stereocenters. The Balaban J connectivity index is 2.21. The lowest BCUT2D eigenvalue weighted by atomic mass is 9.91. The van der Waals surface area contributed by atoms with Crippen molar-refractivity contribution < 1.29 is 0 Å². The first-order chi connectivity index (χ1) is 8.50. The quantitative estimate of drug-likeness (QED) is 0.875. The summed E-state index contributed by atoms with van der Waals surface area (Å²) in [6, 6.07) is 0.697. The topological polar surface area (TPSA) is 64.2 Å². The summed E-state index contributed by atoms with van der Waals surface area (Å²) in [7, 11) is 3.56. The fourth-order valence-electron chi connectivity index (χ4n) is 2.43. The van der Waals surface area contributed by atoms with Crippen LogP contribution in [0.4, 0.5) is 5.69 Å². The zero-order chi connectivity index (χ0) is 13.3. The Hall–Kier alpha value is -1.07. The van der Waals surface area contributed by atoms with Gasteiger partial charge in [-0.05, 0) is 25.7 Å². The number of nitrogens with two attached hydrogens (primary N) is 1. The molecule has 1 fully saturated rings. The fourth-order valence-corrected chi connectivity index (χ4v) is 2.74. The van der Waals surface area contributed by atoms with Crippen molar-refractivity contribution in [2.45, 2.75) is 37.8 Å². The van der Waals surface area contributed by atoms with Gasteiger partial charge in [-0.2, -0.15) is 5.10 Å². The molecule has 0 saturated heterocycles. The van der Waals surface area contributed by atoms with Gasteiger partial charge in [-0.15, -0.1) is 0 Å². The average Bonchev–Trinajstić information content (AvgIpc) is 2.36. The third-order valence-electron chi connectivity index (χ3n) is 3.73. The third kappa shape index (κ3) is 2.52. The van der Waals surface area contributed by atoms with Gasteiger partial charge in [0.2, 0.25) is 0 Å². The first-order valence-corrected chi connectivity index (χ1v) is 6.58. The molecule has 1 aliphatic carbocycles. The van der Waals surface area contributed by atoms with E-state index in [9.17, 15) is 4.79 Å². The number of halogens is 1. The van der Waals surface area contributed by atoms with Gasteiger partial charge in [0.1, 0.15) is 5.02 Å². The minimum atomic E-state index is -0.256. The zero-order valence-corrected chi connectivity index (χ0v) is 11.5. The Kier molecular flexibility index (Phi) is 3.92. The minimum Gasteiger partial charge on any atom is -0.369 e. The molecule has 0 aromatic carbocycles. The van der Waals surface area contributed by atoms with Gasteiger partial charge in [0.05, 0.1) is 11.9 Å². The molecule has 1 aromatic rings. The highest BCUT2D eigenvalue weighted by Crippen LogP contribution is 2.28. The van der Waals surface area contributed by atoms with E-state index in [1.807, 2.05) is 7.05 Å². The largest absolute Gasteiger partial charge is 0.369 e. The van der Waals surface area contributed by atoms with Crippen molar-refractivity contribution in [2.24, 2.45) is 12.8 Å². The maximum Gasteiger partial charge on any atom is 0.287 e. The van der Waals surface area contributed by atoms with Crippen LogP contribution >= 0.6 is 11.6 Å². The van der Waals surface area contributed by atoms with Gasteiger partial charge in [0.15, 0.2) is 0 Å². The Morgan fingerprint density at radius 1 is 1.44 bits per heavy atom. The summed E-state index contributed by atoms with van der Waals surface area (Å²) >= 11 is 6.10. The summed E-state index contributed by atoms with van der Waals surface area (Å²) in [5.41, 5.74) is 6.35. The van der Waals surface area contributed by atoms with Crippen molar-refractivity contribution in [3.05, 3.63) is 21.6 Å². The molecule has 2 rings (SSSR count). The minimum absolute atomic E-state index is 0.241. The summed E-state index contributed by atoms with van der Waals surface area (Å²) in [5.74, 6) is 0. The number of hydrogen-bond acceptors (Lipinski definition) is 4. The number of rotatable bonds is 2. The molecular formula is C12H19ClN4O. The van der Waals surface area contributed by atoms with E-state index in [0.717, 1.165) is 25.7 Å². The van der Waals surface area contributed by atoms with Crippen molar-refractivity contribution >= 4 is 17.3 Å². The van der Waals surface area contributed by atoms with Gasteiger partial charge in [0.25, 0.3) is 5.56 Å². The van der Waals surface area contributed by atoms with Crippen LogP contribution in [0.2, 0.25) is 5.02 Å². The SMILES string of the molecule is CN(c1cnn(C)c(=O)c1Cl)C1CCC(N)CC1.